The molecule has 0 amide bonds. The zero-order valence-electron chi connectivity index (χ0n) is 6.80. The van der Waals surface area contributed by atoms with E-state index in [2.05, 4.69) is 0 Å². The van der Waals surface area contributed by atoms with Crippen molar-refractivity contribution in [1.82, 2.24) is 0 Å². The molecule has 0 fully saturated rings. The van der Waals surface area contributed by atoms with E-state index in [4.69, 9.17) is 44.2 Å². The van der Waals surface area contributed by atoms with E-state index in [0.717, 1.165) is 0 Å². The Hall–Kier alpha value is 2.53. The van der Waals surface area contributed by atoms with Gasteiger partial charge in [-0.1, -0.05) is 0 Å². The van der Waals surface area contributed by atoms with Crippen LogP contribution in [0.3, 0.4) is 0 Å². The molecule has 0 aliphatic carbocycles. The Morgan fingerprint density at radius 2 is 0.867 bits per heavy atom. The van der Waals surface area contributed by atoms with Crippen molar-refractivity contribution in [3.05, 3.63) is 0 Å². The Labute approximate surface area is 150 Å². The van der Waals surface area contributed by atoms with Crippen molar-refractivity contribution in [3.63, 3.8) is 0 Å². The molecular weight excluding hydrogens is 336 g/mol. The van der Waals surface area contributed by atoms with Crippen LogP contribution in [-0.4, -0.2) is 120 Å². The third-order valence-electron chi connectivity index (χ3n) is 0. The van der Waals surface area contributed by atoms with E-state index < -0.39 is 33.1 Å². The molecule has 15 heteroatoms. The van der Waals surface area contributed by atoms with Crippen molar-refractivity contribution < 1.29 is 44.2 Å². The van der Waals surface area contributed by atoms with Gasteiger partial charge in [-0.15, -0.1) is 0 Å². The third-order valence-corrected chi connectivity index (χ3v) is 0. The fourth-order valence-electron chi connectivity index (χ4n) is 0. The van der Waals surface area contributed by atoms with Crippen LogP contribution in [0.4, 0.5) is 0 Å². The third kappa shape index (κ3) is 545. The van der Waals surface area contributed by atoms with Crippen molar-refractivity contribution >= 4 is 109 Å². The molecule has 0 bridgehead atoms. The summed E-state index contributed by atoms with van der Waals surface area (Å²) < 4.78 is 82.3. The van der Waals surface area contributed by atoms with Gasteiger partial charge < -0.3 is 27.3 Å². The summed E-state index contributed by atoms with van der Waals surface area (Å²) in [5.41, 5.74) is 0. The summed E-state index contributed by atoms with van der Waals surface area (Å²) in [6.45, 7) is 0. The SMILES string of the molecule is O=S(=O)([O-])[O-].O=S([O-])O.O=S([O-])O.[Ca+2].[Ca+2]. The smallest absolute Gasteiger partial charge is 0.759 e. The molecule has 0 aromatic heterocycles. The first kappa shape index (κ1) is 30.5. The molecule has 84 valence electrons. The molecule has 0 spiro atoms. The Morgan fingerprint density at radius 1 is 0.867 bits per heavy atom. The molecule has 0 aromatic rings. The summed E-state index contributed by atoms with van der Waals surface area (Å²) in [7, 11) is -5.17. The van der Waals surface area contributed by atoms with Crippen molar-refractivity contribution in [2.45, 2.75) is 0 Å². The van der Waals surface area contributed by atoms with Gasteiger partial charge in [-0.2, -0.15) is 0 Å². The van der Waals surface area contributed by atoms with E-state index in [9.17, 15) is 0 Å². The van der Waals surface area contributed by atoms with Crippen molar-refractivity contribution in [1.29, 1.82) is 0 Å². The number of hydrogen-bond donors (Lipinski definition) is 2. The molecule has 0 saturated carbocycles. The predicted octanol–water partition coefficient (Wildman–Crippen LogP) is -3.42. The first-order valence-electron chi connectivity index (χ1n) is 1.70. The Kier molecular flexibility index (Phi) is 38.4. The van der Waals surface area contributed by atoms with Gasteiger partial charge in [-0.3, -0.25) is 8.42 Å². The molecule has 2 atom stereocenters. The molecule has 2 N–H and O–H groups in total. The van der Waals surface area contributed by atoms with E-state index in [1.807, 2.05) is 0 Å². The zero-order valence-corrected chi connectivity index (χ0v) is 13.7. The largest absolute Gasteiger partial charge is 2.00 e. The monoisotopic (exact) mass is 338 g/mol. The molecule has 0 aromatic carbocycles. The van der Waals surface area contributed by atoms with E-state index in [1.165, 1.54) is 0 Å². The predicted molar refractivity (Wildman–Crippen MR) is 45.1 cm³/mol. The van der Waals surface area contributed by atoms with Crippen LogP contribution < -0.4 is 0 Å². The minimum Gasteiger partial charge on any atom is -0.759 e. The van der Waals surface area contributed by atoms with Gasteiger partial charge in [0.2, 0.25) is 0 Å². The first-order chi connectivity index (χ1) is 5.46. The minimum atomic E-state index is -5.17. The van der Waals surface area contributed by atoms with Gasteiger partial charge in [-0.25, -0.2) is 8.42 Å². The maximum absolute atomic E-state index is 8.56. The second kappa shape index (κ2) is 18.9. The summed E-state index contributed by atoms with van der Waals surface area (Å²) in [5, 5.41) is 0. The summed E-state index contributed by atoms with van der Waals surface area (Å²) in [5.74, 6) is 0. The molecule has 0 radical (unpaired) electrons. The van der Waals surface area contributed by atoms with Gasteiger partial charge in [0.1, 0.15) is 0 Å². The Balaban J connectivity index is -0.0000000315. The second-order valence-corrected chi connectivity index (χ2v) is 2.53. The number of hydrogen-bond acceptors (Lipinski definition) is 8. The molecule has 0 aliphatic heterocycles. The molecule has 0 rings (SSSR count). The second-order valence-electron chi connectivity index (χ2n) is 0.842. The average molecular weight is 338 g/mol. The van der Waals surface area contributed by atoms with E-state index in [0.29, 0.717) is 0 Å². The van der Waals surface area contributed by atoms with Crippen molar-refractivity contribution in [2.24, 2.45) is 0 Å². The van der Waals surface area contributed by atoms with Crippen LogP contribution >= 0.6 is 0 Å². The van der Waals surface area contributed by atoms with Crippen LogP contribution in [0.25, 0.3) is 0 Å². The number of rotatable bonds is 0. The maximum atomic E-state index is 8.56. The maximum Gasteiger partial charge on any atom is 2.00 e. The van der Waals surface area contributed by atoms with Gasteiger partial charge in [-0.05, 0) is 0 Å². The molecular formula is H2Ca2O10S3. The topological polar surface area (TPSA) is 201 Å². The summed E-state index contributed by atoms with van der Waals surface area (Å²) >= 11 is -5.72. The van der Waals surface area contributed by atoms with Crippen LogP contribution in [0.1, 0.15) is 0 Å². The van der Waals surface area contributed by atoms with Crippen LogP contribution in [0, 0.1) is 0 Å². The quantitative estimate of drug-likeness (QED) is 0.194. The fourth-order valence-corrected chi connectivity index (χ4v) is 0. The van der Waals surface area contributed by atoms with Gasteiger partial charge in [0.05, 0.1) is 22.7 Å². The van der Waals surface area contributed by atoms with E-state index in [1.54, 1.807) is 0 Å². The standard InChI is InChI=1S/2Ca.H2O4S.2H2O3S/c;;1-5(2,3)4;2*1-4(2)3/h;;(H2,1,2,3,4);2*(H2,1,2,3)/q2*+2;;;/p-4. The van der Waals surface area contributed by atoms with Crippen LogP contribution in [-0.2, 0) is 33.1 Å². The minimum absolute atomic E-state index is 0. The molecule has 10 nitrogen and oxygen atoms in total. The summed E-state index contributed by atoms with van der Waals surface area (Å²) in [4.78, 5) is 0. The van der Waals surface area contributed by atoms with Gasteiger partial charge in [0.15, 0.2) is 0 Å². The van der Waals surface area contributed by atoms with E-state index in [-0.39, 0.29) is 75.5 Å². The Bertz CT molecular complexity index is 213. The van der Waals surface area contributed by atoms with Crippen LogP contribution in [0.2, 0.25) is 0 Å². The van der Waals surface area contributed by atoms with Crippen LogP contribution in [0.15, 0.2) is 0 Å². The molecule has 0 saturated heterocycles. The van der Waals surface area contributed by atoms with Crippen molar-refractivity contribution in [3.8, 4) is 0 Å². The van der Waals surface area contributed by atoms with Crippen LogP contribution in [0.5, 0.6) is 0 Å². The fraction of sp³-hybridized carbons (Fsp3) is 0. The van der Waals surface area contributed by atoms with E-state index >= 15 is 0 Å². The van der Waals surface area contributed by atoms with Gasteiger partial charge >= 0.3 is 75.5 Å². The average Bonchev–Trinajstić information content (AvgIpc) is 1.50. The molecule has 0 aliphatic rings. The van der Waals surface area contributed by atoms with Crippen molar-refractivity contribution in [2.75, 3.05) is 0 Å². The zero-order chi connectivity index (χ0) is 11.7. The summed E-state index contributed by atoms with van der Waals surface area (Å²) in [6.07, 6.45) is 0. The normalized spacial score (nSPS) is 12.1. The molecule has 0 heterocycles. The molecule has 15 heavy (non-hydrogen) atoms. The first-order valence-corrected chi connectivity index (χ1v) is 5.10. The molecule has 2 unspecified atom stereocenters. The summed E-state index contributed by atoms with van der Waals surface area (Å²) in [6, 6.07) is 0. The van der Waals surface area contributed by atoms with Gasteiger partial charge in [0.25, 0.3) is 0 Å². The van der Waals surface area contributed by atoms with Gasteiger partial charge in [0, 0.05) is 10.4 Å². The Morgan fingerprint density at radius 3 is 0.867 bits per heavy atom.